The molecule has 3 rings (SSSR count). The van der Waals surface area contributed by atoms with E-state index in [-0.39, 0.29) is 5.91 Å². The van der Waals surface area contributed by atoms with Gasteiger partial charge in [0, 0.05) is 19.5 Å². The number of H-pyrrole nitrogens is 1. The van der Waals surface area contributed by atoms with Crippen LogP contribution in [0.4, 0.5) is 5.69 Å². The Morgan fingerprint density at radius 2 is 2.38 bits per heavy atom. The number of benzene rings is 1. The predicted octanol–water partition coefficient (Wildman–Crippen LogP) is 0.972. The SMILES string of the molecule is O=C(NCCCc1ncn[nH]1)c1cccc2c1OCCN2. The molecule has 1 amide bonds. The van der Waals surface area contributed by atoms with Crippen molar-refractivity contribution in [1.29, 1.82) is 0 Å². The van der Waals surface area contributed by atoms with Crippen LogP contribution in [0.5, 0.6) is 5.75 Å². The Hall–Kier alpha value is -2.57. The second-order valence-electron chi connectivity index (χ2n) is 4.75. The molecule has 1 aromatic heterocycles. The van der Waals surface area contributed by atoms with E-state index in [1.165, 1.54) is 6.33 Å². The number of hydrogen-bond acceptors (Lipinski definition) is 5. The largest absolute Gasteiger partial charge is 0.489 e. The summed E-state index contributed by atoms with van der Waals surface area (Å²) in [5.74, 6) is 1.35. The van der Waals surface area contributed by atoms with Crippen molar-refractivity contribution >= 4 is 11.6 Å². The first-order valence-corrected chi connectivity index (χ1v) is 6.97. The molecule has 1 aliphatic rings. The number of aromatic amines is 1. The Labute approximate surface area is 122 Å². The lowest BCUT2D eigenvalue weighted by Gasteiger charge is -2.21. The lowest BCUT2D eigenvalue weighted by atomic mass is 10.1. The highest BCUT2D eigenvalue weighted by atomic mass is 16.5. The summed E-state index contributed by atoms with van der Waals surface area (Å²) in [6, 6.07) is 5.54. The van der Waals surface area contributed by atoms with Gasteiger partial charge in [0.2, 0.25) is 0 Å². The standard InChI is InChI=1S/C14H17N5O2/c20-14(16-6-2-5-12-17-9-18-19-12)10-3-1-4-11-13(10)21-8-7-15-11/h1,3-4,9,15H,2,5-8H2,(H,16,20)(H,17,18,19). The van der Waals surface area contributed by atoms with Crippen molar-refractivity contribution < 1.29 is 9.53 Å². The molecule has 7 nitrogen and oxygen atoms in total. The molecule has 1 aromatic carbocycles. The topological polar surface area (TPSA) is 91.9 Å². The fourth-order valence-electron chi connectivity index (χ4n) is 2.25. The predicted molar refractivity (Wildman–Crippen MR) is 77.5 cm³/mol. The summed E-state index contributed by atoms with van der Waals surface area (Å²) in [7, 11) is 0. The number of carbonyl (C=O) groups excluding carboxylic acids is 1. The summed E-state index contributed by atoms with van der Waals surface area (Å²) in [5.41, 5.74) is 1.44. The number of carbonyl (C=O) groups is 1. The van der Waals surface area contributed by atoms with E-state index in [1.807, 2.05) is 12.1 Å². The molecule has 110 valence electrons. The normalized spacial score (nSPS) is 13.0. The van der Waals surface area contributed by atoms with Crippen LogP contribution in [-0.2, 0) is 6.42 Å². The monoisotopic (exact) mass is 287 g/mol. The molecule has 0 atom stereocenters. The molecule has 0 bridgehead atoms. The summed E-state index contributed by atoms with van der Waals surface area (Å²) in [5, 5.41) is 12.7. The van der Waals surface area contributed by atoms with Gasteiger partial charge in [0.1, 0.15) is 18.8 Å². The first-order valence-electron chi connectivity index (χ1n) is 6.97. The summed E-state index contributed by atoms with van der Waals surface area (Å²) < 4.78 is 5.59. The number of aryl methyl sites for hydroxylation is 1. The summed E-state index contributed by atoms with van der Waals surface area (Å²) in [4.78, 5) is 16.3. The van der Waals surface area contributed by atoms with Gasteiger partial charge >= 0.3 is 0 Å². The van der Waals surface area contributed by atoms with E-state index in [0.717, 1.165) is 30.9 Å². The highest BCUT2D eigenvalue weighted by Crippen LogP contribution is 2.30. The lowest BCUT2D eigenvalue weighted by Crippen LogP contribution is -2.27. The maximum absolute atomic E-state index is 12.2. The van der Waals surface area contributed by atoms with Gasteiger partial charge in [-0.15, -0.1) is 0 Å². The van der Waals surface area contributed by atoms with Gasteiger partial charge in [0.15, 0.2) is 5.75 Å². The van der Waals surface area contributed by atoms with Gasteiger partial charge in [-0.3, -0.25) is 9.89 Å². The number of para-hydroxylation sites is 1. The third-order valence-corrected chi connectivity index (χ3v) is 3.26. The van der Waals surface area contributed by atoms with Crippen molar-refractivity contribution in [3.8, 4) is 5.75 Å². The minimum atomic E-state index is -0.117. The Morgan fingerprint density at radius 1 is 1.43 bits per heavy atom. The Kier molecular flexibility index (Phi) is 3.99. The van der Waals surface area contributed by atoms with Gasteiger partial charge in [-0.05, 0) is 18.6 Å². The molecule has 0 spiro atoms. The minimum Gasteiger partial charge on any atom is -0.489 e. The molecule has 0 unspecified atom stereocenters. The zero-order valence-corrected chi connectivity index (χ0v) is 11.6. The number of amides is 1. The molecule has 21 heavy (non-hydrogen) atoms. The quantitative estimate of drug-likeness (QED) is 0.713. The smallest absolute Gasteiger partial charge is 0.255 e. The summed E-state index contributed by atoms with van der Waals surface area (Å²) in [6.07, 6.45) is 3.04. The molecule has 2 aromatic rings. The molecule has 3 N–H and O–H groups in total. The maximum Gasteiger partial charge on any atom is 0.255 e. The van der Waals surface area contributed by atoms with Gasteiger partial charge in [0.25, 0.3) is 5.91 Å². The second kappa shape index (κ2) is 6.25. The van der Waals surface area contributed by atoms with Crippen molar-refractivity contribution in [2.45, 2.75) is 12.8 Å². The van der Waals surface area contributed by atoms with E-state index in [4.69, 9.17) is 4.74 Å². The average Bonchev–Trinajstić information content (AvgIpc) is 3.04. The van der Waals surface area contributed by atoms with Crippen LogP contribution in [-0.4, -0.2) is 40.8 Å². The number of anilines is 1. The van der Waals surface area contributed by atoms with Crippen LogP contribution >= 0.6 is 0 Å². The molecule has 0 fully saturated rings. The van der Waals surface area contributed by atoms with Crippen LogP contribution in [0, 0.1) is 0 Å². The summed E-state index contributed by atoms with van der Waals surface area (Å²) >= 11 is 0. The van der Waals surface area contributed by atoms with Crippen molar-refractivity contribution in [2.24, 2.45) is 0 Å². The Morgan fingerprint density at radius 3 is 3.24 bits per heavy atom. The zero-order valence-electron chi connectivity index (χ0n) is 11.6. The molecular weight excluding hydrogens is 270 g/mol. The van der Waals surface area contributed by atoms with Crippen molar-refractivity contribution in [3.05, 3.63) is 35.9 Å². The molecule has 0 saturated heterocycles. The van der Waals surface area contributed by atoms with E-state index >= 15 is 0 Å². The second-order valence-corrected chi connectivity index (χ2v) is 4.75. The lowest BCUT2D eigenvalue weighted by molar-refractivity contribution is 0.0949. The fraction of sp³-hybridized carbons (Fsp3) is 0.357. The van der Waals surface area contributed by atoms with Gasteiger partial charge in [-0.25, -0.2) is 4.98 Å². The number of ether oxygens (including phenoxy) is 1. The van der Waals surface area contributed by atoms with E-state index in [0.29, 0.717) is 24.5 Å². The molecule has 7 heteroatoms. The number of fused-ring (bicyclic) bond motifs is 1. The third kappa shape index (κ3) is 3.13. The van der Waals surface area contributed by atoms with Crippen LogP contribution in [0.2, 0.25) is 0 Å². The van der Waals surface area contributed by atoms with E-state index in [9.17, 15) is 4.79 Å². The van der Waals surface area contributed by atoms with Crippen molar-refractivity contribution in [2.75, 3.05) is 25.0 Å². The summed E-state index contributed by atoms with van der Waals surface area (Å²) in [6.45, 7) is 1.91. The molecule has 0 radical (unpaired) electrons. The highest BCUT2D eigenvalue weighted by Gasteiger charge is 2.18. The van der Waals surface area contributed by atoms with Crippen LogP contribution in [0.15, 0.2) is 24.5 Å². The molecule has 0 saturated carbocycles. The van der Waals surface area contributed by atoms with Crippen LogP contribution in [0.3, 0.4) is 0 Å². The first kappa shape index (κ1) is 13.4. The maximum atomic E-state index is 12.2. The van der Waals surface area contributed by atoms with Crippen LogP contribution in [0.25, 0.3) is 0 Å². The molecule has 2 heterocycles. The molecule has 0 aliphatic carbocycles. The number of aromatic nitrogens is 3. The van der Waals surface area contributed by atoms with E-state index in [1.54, 1.807) is 6.07 Å². The van der Waals surface area contributed by atoms with Crippen LogP contribution < -0.4 is 15.4 Å². The Balaban J connectivity index is 1.56. The molecule has 1 aliphatic heterocycles. The fourth-order valence-corrected chi connectivity index (χ4v) is 2.25. The van der Waals surface area contributed by atoms with Gasteiger partial charge < -0.3 is 15.4 Å². The van der Waals surface area contributed by atoms with Crippen molar-refractivity contribution in [1.82, 2.24) is 20.5 Å². The first-order chi connectivity index (χ1) is 10.3. The minimum absolute atomic E-state index is 0.117. The number of nitrogens with one attached hydrogen (secondary N) is 3. The van der Waals surface area contributed by atoms with Crippen LogP contribution in [0.1, 0.15) is 22.6 Å². The Bertz CT molecular complexity index is 612. The van der Waals surface area contributed by atoms with Crippen molar-refractivity contribution in [3.63, 3.8) is 0 Å². The van der Waals surface area contributed by atoms with Gasteiger partial charge in [0.05, 0.1) is 11.3 Å². The van der Waals surface area contributed by atoms with E-state index < -0.39 is 0 Å². The zero-order chi connectivity index (χ0) is 14.5. The van der Waals surface area contributed by atoms with Gasteiger partial charge in [-0.1, -0.05) is 6.07 Å². The van der Waals surface area contributed by atoms with E-state index in [2.05, 4.69) is 25.8 Å². The number of nitrogens with zero attached hydrogens (tertiary/aromatic N) is 2. The van der Waals surface area contributed by atoms with Gasteiger partial charge in [-0.2, -0.15) is 5.10 Å². The average molecular weight is 287 g/mol. The number of rotatable bonds is 5. The highest BCUT2D eigenvalue weighted by molar-refractivity contribution is 5.98. The number of hydrogen-bond donors (Lipinski definition) is 3. The molecular formula is C14H17N5O2. The third-order valence-electron chi connectivity index (χ3n) is 3.26.